The topological polar surface area (TPSA) is 91.6 Å². The van der Waals surface area contributed by atoms with Crippen LogP contribution < -0.4 is 5.56 Å². The van der Waals surface area contributed by atoms with Crippen molar-refractivity contribution in [3.63, 3.8) is 0 Å². The molecule has 33 heavy (non-hydrogen) atoms. The first-order valence-electron chi connectivity index (χ1n) is 11.0. The summed E-state index contributed by atoms with van der Waals surface area (Å²) in [7, 11) is 0. The van der Waals surface area contributed by atoms with Crippen molar-refractivity contribution in [2.45, 2.75) is 40.0 Å². The minimum Gasteiger partial charge on any atom is -0.468 e. The highest BCUT2D eigenvalue weighted by Crippen LogP contribution is 2.33. The van der Waals surface area contributed by atoms with Gasteiger partial charge in [-0.25, -0.2) is 4.98 Å². The van der Waals surface area contributed by atoms with E-state index >= 15 is 0 Å². The molecule has 4 aromatic rings. The van der Waals surface area contributed by atoms with Crippen molar-refractivity contribution in [1.29, 1.82) is 0 Å². The molecule has 1 atom stereocenters. The Morgan fingerprint density at radius 2 is 2.09 bits per heavy atom. The van der Waals surface area contributed by atoms with Crippen molar-refractivity contribution >= 4 is 21.6 Å². The van der Waals surface area contributed by atoms with Crippen LogP contribution in [0.25, 0.3) is 21.3 Å². The number of aliphatic hydroxyl groups is 1. The van der Waals surface area contributed by atoms with Crippen LogP contribution in [0.15, 0.2) is 51.2 Å². The van der Waals surface area contributed by atoms with Crippen LogP contribution in [0.3, 0.4) is 0 Å². The van der Waals surface area contributed by atoms with Gasteiger partial charge in [0, 0.05) is 24.1 Å². The molecule has 0 aliphatic rings. The van der Waals surface area contributed by atoms with E-state index in [1.165, 1.54) is 11.3 Å². The summed E-state index contributed by atoms with van der Waals surface area (Å²) in [5.74, 6) is 1.33. The third kappa shape index (κ3) is 5.59. The summed E-state index contributed by atoms with van der Waals surface area (Å²) < 4.78 is 10.8. The average Bonchev–Trinajstić information content (AvgIpc) is 3.44. The van der Waals surface area contributed by atoms with Gasteiger partial charge in [-0.2, -0.15) is 0 Å². The maximum atomic E-state index is 13.1. The number of fused-ring (bicyclic) bond motifs is 1. The van der Waals surface area contributed by atoms with Gasteiger partial charge in [0.1, 0.15) is 16.4 Å². The standard InChI is InChI=1S/C25H29N3O4S/c1-4-31-14-18(29)11-28(12-19-6-5-9-32-19)13-22-26-24(30)23-21(15-33-25(23)27-22)20-10-16(2)7-8-17(20)3/h5-10,15,18,29H,4,11-14H2,1-3H3,(H,26,27,30)/t18-/m1/s1. The minimum atomic E-state index is -0.659. The van der Waals surface area contributed by atoms with Crippen LogP contribution in [0.5, 0.6) is 0 Å². The van der Waals surface area contributed by atoms with Crippen LogP contribution in [-0.4, -0.2) is 45.8 Å². The van der Waals surface area contributed by atoms with E-state index in [0.29, 0.717) is 42.3 Å². The molecule has 8 heteroatoms. The number of benzene rings is 1. The second kappa shape index (κ2) is 10.4. The maximum Gasteiger partial charge on any atom is 0.260 e. The van der Waals surface area contributed by atoms with E-state index < -0.39 is 6.10 Å². The zero-order valence-corrected chi connectivity index (χ0v) is 19.9. The van der Waals surface area contributed by atoms with Gasteiger partial charge in [0.05, 0.1) is 37.4 Å². The van der Waals surface area contributed by atoms with E-state index in [2.05, 4.69) is 23.2 Å². The summed E-state index contributed by atoms with van der Waals surface area (Å²) >= 11 is 1.47. The minimum absolute atomic E-state index is 0.153. The van der Waals surface area contributed by atoms with E-state index in [9.17, 15) is 9.90 Å². The average molecular weight is 468 g/mol. The van der Waals surface area contributed by atoms with Gasteiger partial charge in [0.25, 0.3) is 5.56 Å². The van der Waals surface area contributed by atoms with Crippen LogP contribution in [0, 0.1) is 13.8 Å². The number of aromatic amines is 1. The number of ether oxygens (including phenoxy) is 1. The normalized spacial score (nSPS) is 12.6. The molecule has 2 N–H and O–H groups in total. The lowest BCUT2D eigenvalue weighted by Crippen LogP contribution is -2.35. The Labute approximate surface area is 196 Å². The summed E-state index contributed by atoms with van der Waals surface area (Å²) in [5.41, 5.74) is 4.09. The van der Waals surface area contributed by atoms with E-state index in [1.807, 2.05) is 43.2 Å². The van der Waals surface area contributed by atoms with E-state index in [4.69, 9.17) is 14.1 Å². The lowest BCUT2D eigenvalue weighted by molar-refractivity contribution is 0.0163. The molecule has 0 amide bonds. The fourth-order valence-corrected chi connectivity index (χ4v) is 4.87. The van der Waals surface area contributed by atoms with Gasteiger partial charge in [0.15, 0.2) is 0 Å². The molecule has 0 fully saturated rings. The number of aliphatic hydroxyl groups excluding tert-OH is 1. The van der Waals surface area contributed by atoms with Crippen LogP contribution >= 0.6 is 11.3 Å². The quantitative estimate of drug-likeness (QED) is 0.362. The Morgan fingerprint density at radius 1 is 1.24 bits per heavy atom. The molecule has 0 aliphatic carbocycles. The molecule has 0 aliphatic heterocycles. The predicted molar refractivity (Wildman–Crippen MR) is 130 cm³/mol. The molecule has 0 bridgehead atoms. The lowest BCUT2D eigenvalue weighted by Gasteiger charge is -2.23. The highest BCUT2D eigenvalue weighted by molar-refractivity contribution is 7.17. The molecule has 3 heterocycles. The number of nitrogens with one attached hydrogen (secondary N) is 1. The Balaban J connectivity index is 1.62. The van der Waals surface area contributed by atoms with Crippen molar-refractivity contribution in [2.75, 3.05) is 19.8 Å². The summed E-state index contributed by atoms with van der Waals surface area (Å²) in [4.78, 5) is 23.5. The second-order valence-corrected chi connectivity index (χ2v) is 9.08. The van der Waals surface area contributed by atoms with Crippen molar-refractivity contribution in [1.82, 2.24) is 14.9 Å². The molecule has 0 saturated heterocycles. The molecule has 0 radical (unpaired) electrons. The van der Waals surface area contributed by atoms with Gasteiger partial charge in [-0.05, 0) is 44.0 Å². The Bertz CT molecular complexity index is 1260. The first-order chi connectivity index (χ1) is 15.9. The predicted octanol–water partition coefficient (Wildman–Crippen LogP) is 4.26. The lowest BCUT2D eigenvalue weighted by atomic mass is 9.99. The molecule has 0 spiro atoms. The molecule has 4 rings (SSSR count). The van der Waals surface area contributed by atoms with E-state index in [-0.39, 0.29) is 12.2 Å². The van der Waals surface area contributed by atoms with E-state index in [1.54, 1.807) is 6.26 Å². The van der Waals surface area contributed by atoms with Crippen LogP contribution in [-0.2, 0) is 17.8 Å². The molecule has 1 aromatic carbocycles. The SMILES string of the molecule is CCOC[C@H](O)CN(Cc1nc2scc(-c3cc(C)ccc3C)c2c(=O)[nH]1)Cc1ccco1. The maximum absolute atomic E-state index is 13.1. The monoisotopic (exact) mass is 467 g/mol. The zero-order chi connectivity index (χ0) is 23.4. The summed E-state index contributed by atoms with van der Waals surface area (Å²) in [6, 6.07) is 9.97. The number of nitrogens with zero attached hydrogens (tertiary/aromatic N) is 2. The van der Waals surface area contributed by atoms with Gasteiger partial charge in [-0.15, -0.1) is 11.3 Å². The molecular weight excluding hydrogens is 438 g/mol. The summed E-state index contributed by atoms with van der Waals surface area (Å²) in [5, 5.41) is 13.0. The van der Waals surface area contributed by atoms with E-state index in [0.717, 1.165) is 28.0 Å². The van der Waals surface area contributed by atoms with Crippen molar-refractivity contribution in [3.8, 4) is 11.1 Å². The smallest absolute Gasteiger partial charge is 0.260 e. The fraction of sp³-hybridized carbons (Fsp3) is 0.360. The number of hydrogen-bond acceptors (Lipinski definition) is 7. The molecule has 174 valence electrons. The summed E-state index contributed by atoms with van der Waals surface area (Å²) in [6.45, 7) is 7.99. The van der Waals surface area contributed by atoms with Crippen molar-refractivity contribution in [3.05, 3.63) is 75.0 Å². The van der Waals surface area contributed by atoms with Gasteiger partial charge >= 0.3 is 0 Å². The van der Waals surface area contributed by atoms with Gasteiger partial charge in [-0.3, -0.25) is 9.69 Å². The molecule has 7 nitrogen and oxygen atoms in total. The number of hydrogen-bond donors (Lipinski definition) is 2. The Kier molecular flexibility index (Phi) is 7.39. The summed E-state index contributed by atoms with van der Waals surface area (Å²) in [6.07, 6.45) is 0.963. The Hall–Kier alpha value is -2.78. The number of aryl methyl sites for hydroxylation is 2. The zero-order valence-electron chi connectivity index (χ0n) is 19.1. The highest BCUT2D eigenvalue weighted by atomic mass is 32.1. The number of furan rings is 1. The number of aromatic nitrogens is 2. The van der Waals surface area contributed by atoms with Gasteiger partial charge < -0.3 is 19.2 Å². The molecular formula is C25H29N3O4S. The second-order valence-electron chi connectivity index (χ2n) is 8.22. The van der Waals surface area contributed by atoms with Crippen molar-refractivity contribution in [2.24, 2.45) is 0 Å². The fourth-order valence-electron chi connectivity index (χ4n) is 3.92. The van der Waals surface area contributed by atoms with Gasteiger partial charge in [-0.1, -0.05) is 23.8 Å². The molecule has 3 aromatic heterocycles. The highest BCUT2D eigenvalue weighted by Gasteiger charge is 2.18. The van der Waals surface area contributed by atoms with Crippen molar-refractivity contribution < 1.29 is 14.3 Å². The van der Waals surface area contributed by atoms with Crippen LogP contribution in [0.1, 0.15) is 29.6 Å². The molecule has 0 unspecified atom stereocenters. The van der Waals surface area contributed by atoms with Crippen LogP contribution in [0.2, 0.25) is 0 Å². The third-order valence-corrected chi connectivity index (χ3v) is 6.36. The first-order valence-corrected chi connectivity index (χ1v) is 11.9. The Morgan fingerprint density at radius 3 is 2.85 bits per heavy atom. The van der Waals surface area contributed by atoms with Crippen LogP contribution in [0.4, 0.5) is 0 Å². The molecule has 0 saturated carbocycles. The number of rotatable bonds is 10. The number of H-pyrrole nitrogens is 1. The third-order valence-electron chi connectivity index (χ3n) is 5.49. The van der Waals surface area contributed by atoms with Gasteiger partial charge in [0.2, 0.25) is 0 Å². The largest absolute Gasteiger partial charge is 0.468 e. The number of thiophene rings is 1. The first kappa shape index (κ1) is 23.4.